The average Bonchev–Trinajstić information content (AvgIpc) is 3.21. The van der Waals surface area contributed by atoms with E-state index in [1.807, 2.05) is 24.3 Å². The lowest BCUT2D eigenvalue weighted by Gasteiger charge is -2.39. The van der Waals surface area contributed by atoms with Gasteiger partial charge in [-0.05, 0) is 63.8 Å². The van der Waals surface area contributed by atoms with Gasteiger partial charge >= 0.3 is 0 Å². The van der Waals surface area contributed by atoms with Gasteiger partial charge in [0.2, 0.25) is 17.7 Å². The molecule has 1 aliphatic heterocycles. The molecule has 0 unspecified atom stereocenters. The van der Waals surface area contributed by atoms with E-state index in [1.54, 1.807) is 6.92 Å². The highest BCUT2D eigenvalue weighted by Crippen LogP contribution is 2.30. The smallest absolute Gasteiger partial charge is 0.247 e. The molecule has 1 saturated heterocycles. The number of hydrogen-bond donors (Lipinski definition) is 0. The number of rotatable bonds is 5. The highest BCUT2D eigenvalue weighted by molar-refractivity contribution is 5.79. The molecule has 0 spiro atoms. The summed E-state index contributed by atoms with van der Waals surface area (Å²) >= 11 is 0. The van der Waals surface area contributed by atoms with Gasteiger partial charge in [-0.15, -0.1) is 10.2 Å². The molecule has 0 radical (unpaired) electrons. The SMILES string of the molecule is Cc1nnc(-c2ccc(OC3CCC(C(=O)N4CCN(C(C)C)CC4)CC3)cc2)o1. The van der Waals surface area contributed by atoms with Gasteiger partial charge in [0.1, 0.15) is 5.75 Å². The first kappa shape index (κ1) is 20.8. The third-order valence-electron chi connectivity index (χ3n) is 6.31. The van der Waals surface area contributed by atoms with Gasteiger partial charge in [-0.25, -0.2) is 0 Å². The van der Waals surface area contributed by atoms with Crippen LogP contribution in [-0.2, 0) is 4.79 Å². The summed E-state index contributed by atoms with van der Waals surface area (Å²) < 4.78 is 11.6. The van der Waals surface area contributed by atoms with E-state index >= 15 is 0 Å². The van der Waals surface area contributed by atoms with Crippen molar-refractivity contribution >= 4 is 5.91 Å². The molecule has 2 heterocycles. The molecule has 1 aromatic carbocycles. The molecule has 2 fully saturated rings. The molecule has 0 bridgehead atoms. The average molecular weight is 413 g/mol. The number of aryl methyl sites for hydroxylation is 1. The molecule has 2 aliphatic rings. The van der Waals surface area contributed by atoms with Crippen molar-refractivity contribution in [3.63, 3.8) is 0 Å². The lowest BCUT2D eigenvalue weighted by Crippen LogP contribution is -2.52. The summed E-state index contributed by atoms with van der Waals surface area (Å²) in [5, 5.41) is 7.91. The van der Waals surface area contributed by atoms with E-state index in [2.05, 4.69) is 33.8 Å². The molecule has 7 heteroatoms. The molecule has 162 valence electrons. The third kappa shape index (κ3) is 4.83. The fourth-order valence-corrected chi connectivity index (χ4v) is 4.43. The van der Waals surface area contributed by atoms with Crippen LogP contribution in [0.25, 0.3) is 11.5 Å². The van der Waals surface area contributed by atoms with Crippen molar-refractivity contribution in [2.24, 2.45) is 5.92 Å². The largest absolute Gasteiger partial charge is 0.490 e. The first-order valence-electron chi connectivity index (χ1n) is 11.1. The van der Waals surface area contributed by atoms with E-state index in [0.717, 1.165) is 63.2 Å². The molecule has 2 aromatic rings. The molecule has 0 N–H and O–H groups in total. The highest BCUT2D eigenvalue weighted by Gasteiger charge is 2.32. The van der Waals surface area contributed by atoms with E-state index in [9.17, 15) is 4.79 Å². The van der Waals surface area contributed by atoms with Gasteiger partial charge in [-0.3, -0.25) is 9.69 Å². The van der Waals surface area contributed by atoms with Crippen LogP contribution in [0, 0.1) is 12.8 Å². The maximum atomic E-state index is 12.9. The zero-order valence-corrected chi connectivity index (χ0v) is 18.2. The number of carbonyl (C=O) groups excluding carboxylic acids is 1. The molecule has 30 heavy (non-hydrogen) atoms. The lowest BCUT2D eigenvalue weighted by atomic mass is 9.86. The van der Waals surface area contributed by atoms with Crippen LogP contribution >= 0.6 is 0 Å². The second-order valence-electron chi connectivity index (χ2n) is 8.70. The van der Waals surface area contributed by atoms with Crippen molar-refractivity contribution in [2.45, 2.75) is 58.6 Å². The van der Waals surface area contributed by atoms with Crippen LogP contribution in [0.3, 0.4) is 0 Å². The Morgan fingerprint density at radius 2 is 1.70 bits per heavy atom. The monoisotopic (exact) mass is 412 g/mol. The van der Waals surface area contributed by atoms with E-state index < -0.39 is 0 Å². The molecular weight excluding hydrogens is 380 g/mol. The maximum absolute atomic E-state index is 12.9. The molecule has 0 atom stereocenters. The van der Waals surface area contributed by atoms with Crippen LogP contribution < -0.4 is 4.74 Å². The van der Waals surface area contributed by atoms with Crippen molar-refractivity contribution in [2.75, 3.05) is 26.2 Å². The van der Waals surface area contributed by atoms with Gasteiger partial charge in [0.25, 0.3) is 0 Å². The van der Waals surface area contributed by atoms with Gasteiger partial charge in [0, 0.05) is 50.6 Å². The zero-order chi connectivity index (χ0) is 21.1. The van der Waals surface area contributed by atoms with E-state index in [1.165, 1.54) is 0 Å². The topological polar surface area (TPSA) is 71.7 Å². The Balaban J connectivity index is 1.24. The predicted octanol–water partition coefficient (Wildman–Crippen LogP) is 3.54. The minimum absolute atomic E-state index is 0.151. The number of benzene rings is 1. The summed E-state index contributed by atoms with van der Waals surface area (Å²) in [5.41, 5.74) is 0.884. The standard InChI is InChI=1S/C23H32N4O3/c1-16(2)26-12-14-27(15-13-26)23(28)19-6-10-21(11-7-19)30-20-8-4-18(5-9-20)22-25-24-17(3)29-22/h4-5,8-9,16,19,21H,6-7,10-15H2,1-3H3. The number of amides is 1. The van der Waals surface area contributed by atoms with Crippen LogP contribution in [0.15, 0.2) is 28.7 Å². The summed E-state index contributed by atoms with van der Waals surface area (Å²) in [4.78, 5) is 17.4. The van der Waals surface area contributed by atoms with Crippen molar-refractivity contribution in [3.05, 3.63) is 30.2 Å². The lowest BCUT2D eigenvalue weighted by molar-refractivity contribution is -0.139. The Labute approximate surface area is 178 Å². The number of nitrogens with zero attached hydrogens (tertiary/aromatic N) is 4. The second-order valence-corrected chi connectivity index (χ2v) is 8.70. The highest BCUT2D eigenvalue weighted by atomic mass is 16.5. The van der Waals surface area contributed by atoms with Crippen molar-refractivity contribution in [3.8, 4) is 17.2 Å². The van der Waals surface area contributed by atoms with Crippen molar-refractivity contribution in [1.82, 2.24) is 20.0 Å². The zero-order valence-electron chi connectivity index (χ0n) is 18.2. The number of aromatic nitrogens is 2. The Morgan fingerprint density at radius 1 is 1.03 bits per heavy atom. The Hall–Kier alpha value is -2.41. The first-order valence-corrected chi connectivity index (χ1v) is 11.1. The van der Waals surface area contributed by atoms with Gasteiger partial charge < -0.3 is 14.1 Å². The summed E-state index contributed by atoms with van der Waals surface area (Å²) in [6, 6.07) is 8.32. The molecule has 1 amide bonds. The predicted molar refractivity (Wildman–Crippen MR) is 114 cm³/mol. The fraction of sp³-hybridized carbons (Fsp3) is 0.609. The summed E-state index contributed by atoms with van der Waals surface area (Å²) in [6.07, 6.45) is 3.84. The van der Waals surface area contributed by atoms with Gasteiger partial charge in [-0.2, -0.15) is 0 Å². The Morgan fingerprint density at radius 3 is 2.27 bits per heavy atom. The molecule has 7 nitrogen and oxygen atoms in total. The van der Waals surface area contributed by atoms with E-state index in [-0.39, 0.29) is 12.0 Å². The first-order chi connectivity index (χ1) is 14.5. The third-order valence-corrected chi connectivity index (χ3v) is 6.31. The summed E-state index contributed by atoms with van der Waals surface area (Å²) in [6.45, 7) is 9.91. The van der Waals surface area contributed by atoms with Gasteiger partial charge in [0.05, 0.1) is 6.10 Å². The van der Waals surface area contributed by atoms with Crippen molar-refractivity contribution in [1.29, 1.82) is 0 Å². The molecule has 1 saturated carbocycles. The van der Waals surface area contributed by atoms with Crippen LogP contribution in [0.1, 0.15) is 45.4 Å². The van der Waals surface area contributed by atoms with E-state index in [0.29, 0.717) is 23.7 Å². The minimum Gasteiger partial charge on any atom is -0.490 e. The van der Waals surface area contributed by atoms with Crippen LogP contribution in [0.4, 0.5) is 0 Å². The Kier molecular flexibility index (Phi) is 6.37. The number of carbonyl (C=O) groups is 1. The van der Waals surface area contributed by atoms with Crippen LogP contribution in [0.2, 0.25) is 0 Å². The molecule has 1 aromatic heterocycles. The number of piperazine rings is 1. The number of ether oxygens (including phenoxy) is 1. The summed E-state index contributed by atoms with van der Waals surface area (Å²) in [7, 11) is 0. The van der Waals surface area contributed by atoms with Gasteiger partial charge in [-0.1, -0.05) is 0 Å². The molecule has 1 aliphatic carbocycles. The molecular formula is C23H32N4O3. The fourth-order valence-electron chi connectivity index (χ4n) is 4.43. The number of hydrogen-bond acceptors (Lipinski definition) is 6. The van der Waals surface area contributed by atoms with Crippen LogP contribution in [0.5, 0.6) is 5.75 Å². The quantitative estimate of drug-likeness (QED) is 0.748. The second kappa shape index (κ2) is 9.16. The van der Waals surface area contributed by atoms with E-state index in [4.69, 9.17) is 9.15 Å². The van der Waals surface area contributed by atoms with Gasteiger partial charge in [0.15, 0.2) is 0 Å². The normalized spacial score (nSPS) is 23.0. The van der Waals surface area contributed by atoms with Crippen LogP contribution in [-0.4, -0.2) is 64.2 Å². The minimum atomic E-state index is 0.151. The Bertz CT molecular complexity index is 832. The summed E-state index contributed by atoms with van der Waals surface area (Å²) in [5.74, 6) is 2.41. The maximum Gasteiger partial charge on any atom is 0.247 e. The van der Waals surface area contributed by atoms with Crippen molar-refractivity contribution < 1.29 is 13.9 Å². The molecule has 4 rings (SSSR count).